The van der Waals surface area contributed by atoms with Crippen molar-refractivity contribution in [3.63, 3.8) is 0 Å². The smallest absolute Gasteiger partial charge is 0.211 e. The van der Waals surface area contributed by atoms with E-state index in [0.29, 0.717) is 0 Å². The van der Waals surface area contributed by atoms with Crippen LogP contribution in [-0.2, 0) is 6.54 Å². The predicted octanol–water partition coefficient (Wildman–Crippen LogP) is 1.33. The Balaban J connectivity index is 2.50. The summed E-state index contributed by atoms with van der Waals surface area (Å²) in [5, 5.41) is 3.00. The lowest BCUT2D eigenvalue weighted by Gasteiger charge is -2.14. The Bertz CT molecular complexity index is 262. The zero-order chi connectivity index (χ0) is 6.97. The molecule has 0 unspecified atom stereocenters. The molecule has 54 valence electrons. The number of fused-ring (bicyclic) bond motifs is 1. The van der Waals surface area contributed by atoms with Gasteiger partial charge in [0.2, 0.25) is 5.88 Å². The van der Waals surface area contributed by atoms with Gasteiger partial charge < -0.3 is 4.74 Å². The molecule has 3 nitrogen and oxygen atoms in total. The normalized spacial score (nSPS) is 16.0. The first-order chi connectivity index (χ1) is 4.86. The number of H-pyrrole nitrogens is 1. The number of aromatic nitrogens is 2. The first-order valence-electron chi connectivity index (χ1n) is 3.29. The van der Waals surface area contributed by atoms with Gasteiger partial charge in [-0.3, -0.25) is 9.78 Å². The second kappa shape index (κ2) is 2.12. The number of hydrogen-bond donors (Lipinski definition) is 1. The zero-order valence-electron chi connectivity index (χ0n) is 5.46. The zero-order valence-corrected chi connectivity index (χ0v) is 6.28. The number of hydrogen-bond acceptors (Lipinski definition) is 2. The Morgan fingerprint density at radius 2 is 2.60 bits per heavy atom. The summed E-state index contributed by atoms with van der Waals surface area (Å²) in [6.07, 6.45) is 1.06. The van der Waals surface area contributed by atoms with Crippen LogP contribution >= 0.6 is 12.2 Å². The van der Waals surface area contributed by atoms with Crippen molar-refractivity contribution >= 4 is 12.2 Å². The largest absolute Gasteiger partial charge is 0.478 e. The summed E-state index contributed by atoms with van der Waals surface area (Å²) in [7, 11) is 0. The standard InChI is InChI=1S/C6H8N2OS/c10-5-4-6-8(7-5)2-1-3-9-6/h4H,1-3H2,(H,7,10). The molecule has 1 aliphatic heterocycles. The van der Waals surface area contributed by atoms with Crippen molar-refractivity contribution in [2.45, 2.75) is 13.0 Å². The van der Waals surface area contributed by atoms with E-state index >= 15 is 0 Å². The van der Waals surface area contributed by atoms with Gasteiger partial charge in [-0.1, -0.05) is 12.2 Å². The highest BCUT2D eigenvalue weighted by molar-refractivity contribution is 7.71. The predicted molar refractivity (Wildman–Crippen MR) is 39.7 cm³/mol. The number of nitrogens with one attached hydrogen (secondary N) is 1. The fraction of sp³-hybridized carbons (Fsp3) is 0.500. The molecule has 10 heavy (non-hydrogen) atoms. The summed E-state index contributed by atoms with van der Waals surface area (Å²) < 4.78 is 7.99. The lowest BCUT2D eigenvalue weighted by atomic mass is 10.4. The second-order valence-corrected chi connectivity index (χ2v) is 2.75. The molecule has 0 amide bonds. The van der Waals surface area contributed by atoms with E-state index in [9.17, 15) is 0 Å². The summed E-state index contributed by atoms with van der Waals surface area (Å²) in [6.45, 7) is 1.80. The lowest BCUT2D eigenvalue weighted by molar-refractivity contribution is 0.230. The number of ether oxygens (including phenoxy) is 1. The molecule has 1 aromatic heterocycles. The second-order valence-electron chi connectivity index (χ2n) is 2.31. The maximum absolute atomic E-state index is 5.31. The molecule has 0 saturated heterocycles. The maximum atomic E-state index is 5.31. The first-order valence-corrected chi connectivity index (χ1v) is 3.70. The van der Waals surface area contributed by atoms with Crippen LogP contribution in [0.15, 0.2) is 6.07 Å². The van der Waals surface area contributed by atoms with Crippen LogP contribution in [-0.4, -0.2) is 16.4 Å². The Morgan fingerprint density at radius 3 is 3.40 bits per heavy atom. The molecule has 4 heteroatoms. The van der Waals surface area contributed by atoms with Crippen LogP contribution in [0.5, 0.6) is 5.88 Å². The summed E-state index contributed by atoms with van der Waals surface area (Å²) >= 11 is 4.92. The van der Waals surface area contributed by atoms with Gasteiger partial charge in [0.05, 0.1) is 6.61 Å². The molecule has 0 aliphatic carbocycles. The third kappa shape index (κ3) is 0.844. The average Bonchev–Trinajstić information content (AvgIpc) is 2.27. The lowest BCUT2D eigenvalue weighted by Crippen LogP contribution is -2.14. The number of nitrogens with zero attached hydrogens (tertiary/aromatic N) is 1. The summed E-state index contributed by atoms with van der Waals surface area (Å²) in [6, 6.07) is 1.84. The van der Waals surface area contributed by atoms with E-state index in [1.807, 2.05) is 10.7 Å². The summed E-state index contributed by atoms with van der Waals surface area (Å²) in [4.78, 5) is 0. The topological polar surface area (TPSA) is 29.9 Å². The SMILES string of the molecule is S=c1cc2n([nH]1)CCCO2. The van der Waals surface area contributed by atoms with Gasteiger partial charge in [0, 0.05) is 19.0 Å². The van der Waals surface area contributed by atoms with Crippen molar-refractivity contribution in [1.82, 2.24) is 9.78 Å². The monoisotopic (exact) mass is 156 g/mol. The van der Waals surface area contributed by atoms with Crippen LogP contribution in [0.1, 0.15) is 6.42 Å². The highest BCUT2D eigenvalue weighted by Gasteiger charge is 2.07. The van der Waals surface area contributed by atoms with Gasteiger partial charge in [-0.15, -0.1) is 0 Å². The molecule has 0 aromatic carbocycles. The maximum Gasteiger partial charge on any atom is 0.211 e. The van der Waals surface area contributed by atoms with Crippen molar-refractivity contribution in [2.75, 3.05) is 6.61 Å². The number of rotatable bonds is 0. The van der Waals surface area contributed by atoms with Crippen LogP contribution in [0, 0.1) is 4.64 Å². The molecule has 0 spiro atoms. The van der Waals surface area contributed by atoms with Gasteiger partial charge in [0.25, 0.3) is 0 Å². The van der Waals surface area contributed by atoms with Crippen molar-refractivity contribution in [2.24, 2.45) is 0 Å². The highest BCUT2D eigenvalue weighted by Crippen LogP contribution is 2.15. The van der Waals surface area contributed by atoms with Gasteiger partial charge >= 0.3 is 0 Å². The fourth-order valence-corrected chi connectivity index (χ4v) is 1.31. The van der Waals surface area contributed by atoms with E-state index in [1.165, 1.54) is 0 Å². The molecule has 1 aromatic rings. The number of aryl methyl sites for hydroxylation is 1. The third-order valence-corrected chi connectivity index (χ3v) is 1.75. The Kier molecular flexibility index (Phi) is 1.27. The van der Waals surface area contributed by atoms with Crippen molar-refractivity contribution < 1.29 is 4.74 Å². The number of aromatic amines is 1. The van der Waals surface area contributed by atoms with Crippen molar-refractivity contribution in [3.05, 3.63) is 10.7 Å². The van der Waals surface area contributed by atoms with E-state index in [1.54, 1.807) is 0 Å². The van der Waals surface area contributed by atoms with Gasteiger partial charge in [-0.2, -0.15) is 0 Å². The molecule has 1 aliphatic rings. The Labute approximate surface area is 63.6 Å². The van der Waals surface area contributed by atoms with E-state index in [-0.39, 0.29) is 0 Å². The third-order valence-electron chi connectivity index (χ3n) is 1.54. The minimum atomic E-state index is 0.747. The molecule has 0 bridgehead atoms. The van der Waals surface area contributed by atoms with E-state index in [4.69, 9.17) is 17.0 Å². The Hall–Kier alpha value is -0.770. The summed E-state index contributed by atoms with van der Waals surface area (Å²) in [5.74, 6) is 0.872. The Morgan fingerprint density at radius 1 is 1.70 bits per heavy atom. The van der Waals surface area contributed by atoms with Gasteiger partial charge in [0.15, 0.2) is 0 Å². The minimum absolute atomic E-state index is 0.747. The first kappa shape index (κ1) is 5.97. The van der Waals surface area contributed by atoms with Crippen LogP contribution in [0.25, 0.3) is 0 Å². The molecule has 2 rings (SSSR count). The van der Waals surface area contributed by atoms with Crippen molar-refractivity contribution in [1.29, 1.82) is 0 Å². The molecule has 0 radical (unpaired) electrons. The molecule has 1 N–H and O–H groups in total. The van der Waals surface area contributed by atoms with E-state index in [0.717, 1.165) is 30.1 Å². The van der Waals surface area contributed by atoms with Crippen molar-refractivity contribution in [3.8, 4) is 5.88 Å². The summed E-state index contributed by atoms with van der Waals surface area (Å²) in [5.41, 5.74) is 0. The minimum Gasteiger partial charge on any atom is -0.478 e. The van der Waals surface area contributed by atoms with Gasteiger partial charge in [-0.25, -0.2) is 0 Å². The molecule has 2 heterocycles. The molecular weight excluding hydrogens is 148 g/mol. The van der Waals surface area contributed by atoms with E-state index < -0.39 is 0 Å². The van der Waals surface area contributed by atoms with Crippen LogP contribution < -0.4 is 4.74 Å². The molecule has 0 atom stereocenters. The quantitative estimate of drug-likeness (QED) is 0.574. The van der Waals surface area contributed by atoms with Crippen LogP contribution in [0.2, 0.25) is 0 Å². The van der Waals surface area contributed by atoms with E-state index in [2.05, 4.69) is 5.10 Å². The average molecular weight is 156 g/mol. The van der Waals surface area contributed by atoms with Crippen LogP contribution in [0.3, 0.4) is 0 Å². The van der Waals surface area contributed by atoms with Crippen LogP contribution in [0.4, 0.5) is 0 Å². The fourth-order valence-electron chi connectivity index (χ4n) is 1.10. The highest BCUT2D eigenvalue weighted by atomic mass is 32.1. The van der Waals surface area contributed by atoms with Gasteiger partial charge in [-0.05, 0) is 0 Å². The molecule has 0 saturated carbocycles. The van der Waals surface area contributed by atoms with Gasteiger partial charge in [0.1, 0.15) is 4.64 Å². The molecule has 0 fully saturated rings. The molecular formula is C6H8N2OS.